The highest BCUT2D eigenvalue weighted by Gasteiger charge is 2.38. The summed E-state index contributed by atoms with van der Waals surface area (Å²) in [6.45, 7) is 1.49. The molecule has 1 aliphatic rings. The van der Waals surface area contributed by atoms with Gasteiger partial charge in [-0.05, 0) is 6.92 Å². The Hall–Kier alpha value is -1.04. The van der Waals surface area contributed by atoms with Gasteiger partial charge in [-0.1, -0.05) is 23.2 Å². The van der Waals surface area contributed by atoms with Crippen LogP contribution in [0.3, 0.4) is 0 Å². The number of hydrogen-bond donors (Lipinski definition) is 1. The maximum atomic E-state index is 10.8. The molecule has 2 rings (SSSR count). The van der Waals surface area contributed by atoms with E-state index >= 15 is 0 Å². The molecule has 1 aliphatic heterocycles. The Balaban J connectivity index is 2.56. The zero-order chi connectivity index (χ0) is 12.8. The van der Waals surface area contributed by atoms with E-state index in [4.69, 9.17) is 27.9 Å². The second kappa shape index (κ2) is 4.01. The van der Waals surface area contributed by atoms with Crippen molar-refractivity contribution >= 4 is 28.9 Å². The van der Waals surface area contributed by atoms with Crippen molar-refractivity contribution in [3.63, 3.8) is 0 Å². The lowest BCUT2D eigenvalue weighted by atomic mass is 10.0. The van der Waals surface area contributed by atoms with Crippen molar-refractivity contribution in [2.24, 2.45) is 0 Å². The lowest BCUT2D eigenvalue weighted by Crippen LogP contribution is -2.34. The van der Waals surface area contributed by atoms with Crippen LogP contribution in [0, 0.1) is 10.1 Å². The van der Waals surface area contributed by atoms with Crippen molar-refractivity contribution in [1.82, 2.24) is 0 Å². The topological polar surface area (TPSA) is 72.6 Å². The van der Waals surface area contributed by atoms with E-state index in [1.807, 2.05) is 0 Å². The van der Waals surface area contributed by atoms with Crippen LogP contribution in [0.5, 0.6) is 5.75 Å². The van der Waals surface area contributed by atoms with E-state index in [2.05, 4.69) is 0 Å². The maximum absolute atomic E-state index is 10.8. The fourth-order valence-electron chi connectivity index (χ4n) is 1.80. The van der Waals surface area contributed by atoms with E-state index < -0.39 is 10.5 Å². The first-order valence-corrected chi connectivity index (χ1v) is 5.59. The molecule has 1 atom stereocenters. The van der Waals surface area contributed by atoms with Gasteiger partial charge in [0.05, 0.1) is 11.5 Å². The second-order valence-corrected chi connectivity index (χ2v) is 4.91. The Kier molecular flexibility index (Phi) is 2.93. The summed E-state index contributed by atoms with van der Waals surface area (Å²) in [7, 11) is 0. The highest BCUT2D eigenvalue weighted by Crippen LogP contribution is 2.47. The van der Waals surface area contributed by atoms with Crippen molar-refractivity contribution in [1.29, 1.82) is 0 Å². The molecule has 0 radical (unpaired) electrons. The number of fused-ring (bicyclic) bond motifs is 1. The number of aliphatic hydroxyl groups excluding tert-OH is 1. The molecule has 0 aliphatic carbocycles. The van der Waals surface area contributed by atoms with Crippen LogP contribution in [0.1, 0.15) is 12.5 Å². The van der Waals surface area contributed by atoms with E-state index in [9.17, 15) is 15.2 Å². The molecule has 92 valence electrons. The average molecular weight is 278 g/mol. The summed E-state index contributed by atoms with van der Waals surface area (Å²) in [5.41, 5.74) is -0.464. The molecule has 7 heteroatoms. The molecule has 0 aromatic heterocycles. The van der Waals surface area contributed by atoms with E-state index in [0.29, 0.717) is 17.7 Å². The van der Waals surface area contributed by atoms with Crippen LogP contribution >= 0.6 is 23.2 Å². The third kappa shape index (κ3) is 1.94. The number of nitro benzene ring substituents is 1. The third-order valence-electron chi connectivity index (χ3n) is 2.66. The predicted octanol–water partition coefficient (Wildman–Crippen LogP) is 2.59. The van der Waals surface area contributed by atoms with Gasteiger partial charge in [0.2, 0.25) is 0 Å². The minimum Gasteiger partial charge on any atom is -0.483 e. The van der Waals surface area contributed by atoms with Crippen LogP contribution in [0.2, 0.25) is 10.0 Å². The predicted molar refractivity (Wildman–Crippen MR) is 62.9 cm³/mol. The number of benzene rings is 1. The monoisotopic (exact) mass is 277 g/mol. The van der Waals surface area contributed by atoms with Gasteiger partial charge in [0.25, 0.3) is 5.69 Å². The minimum atomic E-state index is -0.801. The summed E-state index contributed by atoms with van der Waals surface area (Å²) in [6, 6.07) is 1.34. The average Bonchev–Trinajstić information content (AvgIpc) is 2.61. The van der Waals surface area contributed by atoms with Crippen LogP contribution in [-0.2, 0) is 6.42 Å². The molecule has 0 bridgehead atoms. The highest BCUT2D eigenvalue weighted by atomic mass is 35.5. The first-order chi connectivity index (χ1) is 7.88. The smallest absolute Gasteiger partial charge is 0.289 e. The van der Waals surface area contributed by atoms with Crippen LogP contribution in [0.15, 0.2) is 6.07 Å². The molecule has 1 heterocycles. The first kappa shape index (κ1) is 12.4. The molecule has 0 saturated carbocycles. The molecular formula is C10H9Cl2NO4. The van der Waals surface area contributed by atoms with Gasteiger partial charge in [0, 0.05) is 18.1 Å². The molecule has 0 fully saturated rings. The second-order valence-electron chi connectivity index (χ2n) is 4.16. The number of halogens is 2. The Morgan fingerprint density at radius 1 is 1.59 bits per heavy atom. The summed E-state index contributed by atoms with van der Waals surface area (Å²) in [5.74, 6) is 0.318. The van der Waals surface area contributed by atoms with Crippen molar-refractivity contribution in [3.8, 4) is 5.75 Å². The molecule has 0 amide bonds. The normalized spacial score (nSPS) is 22.1. The summed E-state index contributed by atoms with van der Waals surface area (Å²) >= 11 is 11.7. The van der Waals surface area contributed by atoms with Gasteiger partial charge in [0.15, 0.2) is 0 Å². The number of aliphatic hydroxyl groups is 1. The maximum Gasteiger partial charge on any atom is 0.289 e. The fourth-order valence-corrected chi connectivity index (χ4v) is 2.26. The standard InChI is InChI=1S/C10H9Cl2NO4/c1-10(4-14)3-5-2-6(13(15)16)7(11)8(12)9(5)17-10/h2,14H,3-4H2,1H3. The largest absolute Gasteiger partial charge is 0.483 e. The van der Waals surface area contributed by atoms with Crippen molar-refractivity contribution in [2.45, 2.75) is 18.9 Å². The van der Waals surface area contributed by atoms with Gasteiger partial charge in [-0.25, -0.2) is 0 Å². The van der Waals surface area contributed by atoms with Gasteiger partial charge in [-0.15, -0.1) is 0 Å². The molecule has 0 spiro atoms. The zero-order valence-electron chi connectivity index (χ0n) is 8.87. The number of rotatable bonds is 2. The summed E-state index contributed by atoms with van der Waals surface area (Å²) in [4.78, 5) is 10.2. The van der Waals surface area contributed by atoms with Gasteiger partial charge in [0.1, 0.15) is 21.4 Å². The van der Waals surface area contributed by atoms with Gasteiger partial charge >= 0.3 is 0 Å². The molecule has 5 nitrogen and oxygen atoms in total. The molecule has 1 unspecified atom stereocenters. The molecule has 1 N–H and O–H groups in total. The first-order valence-electron chi connectivity index (χ1n) is 4.83. The minimum absolute atomic E-state index is 0.0213. The van der Waals surface area contributed by atoms with E-state index in [0.717, 1.165) is 0 Å². The summed E-state index contributed by atoms with van der Waals surface area (Å²) in [6.07, 6.45) is 0.358. The van der Waals surface area contributed by atoms with E-state index in [1.165, 1.54) is 6.07 Å². The molecule has 17 heavy (non-hydrogen) atoms. The van der Waals surface area contributed by atoms with Gasteiger partial charge < -0.3 is 9.84 Å². The van der Waals surface area contributed by atoms with Crippen LogP contribution in [0.4, 0.5) is 5.69 Å². The molecule has 1 aromatic carbocycles. The van der Waals surface area contributed by atoms with Crippen LogP contribution < -0.4 is 4.74 Å². The summed E-state index contributed by atoms with van der Waals surface area (Å²) < 4.78 is 5.50. The molecule has 0 saturated heterocycles. The summed E-state index contributed by atoms with van der Waals surface area (Å²) in [5, 5.41) is 19.9. The number of nitrogens with zero attached hydrogens (tertiary/aromatic N) is 1. The van der Waals surface area contributed by atoms with Crippen molar-refractivity contribution in [2.75, 3.05) is 6.61 Å². The number of hydrogen-bond acceptors (Lipinski definition) is 4. The SMILES string of the molecule is CC1(CO)Cc2cc([N+](=O)[O-])c(Cl)c(Cl)c2O1. The Morgan fingerprint density at radius 2 is 2.24 bits per heavy atom. The Labute approximate surface area is 107 Å². The van der Waals surface area contributed by atoms with Crippen molar-refractivity contribution < 1.29 is 14.8 Å². The van der Waals surface area contributed by atoms with E-state index in [-0.39, 0.29) is 22.3 Å². The molecular weight excluding hydrogens is 269 g/mol. The third-order valence-corrected chi connectivity index (χ3v) is 3.50. The molecule has 1 aromatic rings. The lowest BCUT2D eigenvalue weighted by Gasteiger charge is -2.20. The lowest BCUT2D eigenvalue weighted by molar-refractivity contribution is -0.384. The van der Waals surface area contributed by atoms with Gasteiger partial charge in [-0.3, -0.25) is 10.1 Å². The number of nitro groups is 1. The highest BCUT2D eigenvalue weighted by molar-refractivity contribution is 6.44. The van der Waals surface area contributed by atoms with Crippen LogP contribution in [-0.4, -0.2) is 22.2 Å². The zero-order valence-corrected chi connectivity index (χ0v) is 10.4. The fraction of sp³-hybridized carbons (Fsp3) is 0.400. The quantitative estimate of drug-likeness (QED) is 0.666. The van der Waals surface area contributed by atoms with Gasteiger partial charge in [-0.2, -0.15) is 0 Å². The number of ether oxygens (including phenoxy) is 1. The van der Waals surface area contributed by atoms with E-state index in [1.54, 1.807) is 6.92 Å². The van der Waals surface area contributed by atoms with Crippen LogP contribution in [0.25, 0.3) is 0 Å². The Morgan fingerprint density at radius 3 is 2.76 bits per heavy atom. The van der Waals surface area contributed by atoms with Crippen molar-refractivity contribution in [3.05, 3.63) is 31.8 Å². The Bertz CT molecular complexity index is 506.